The Morgan fingerprint density at radius 2 is 2.17 bits per heavy atom. The Morgan fingerprint density at radius 3 is 2.93 bits per heavy atom. The summed E-state index contributed by atoms with van der Waals surface area (Å²) in [6.07, 6.45) is 12.3. The van der Waals surface area contributed by atoms with Gasteiger partial charge >= 0.3 is 0 Å². The number of hydrogen-bond donors (Lipinski definition) is 1. The standard InChI is InChI=1S/C20H24ClN7O/c21-17-7-5-16(6-8-17)14-28-20(24-25-26-28)19(18-4-1-2-13-29-18)23-9-3-11-27-12-10-22-15-27/h2,5-8,10,12-13,15,18-19,23H,1,3-4,9,11,14H2/t18?,19-/m1/s1. The number of imidazole rings is 1. The van der Waals surface area contributed by atoms with Gasteiger partial charge in [-0.25, -0.2) is 9.67 Å². The second-order valence-electron chi connectivity index (χ2n) is 7.03. The first-order valence-electron chi connectivity index (χ1n) is 9.80. The molecule has 1 unspecified atom stereocenters. The van der Waals surface area contributed by atoms with Crippen molar-refractivity contribution in [1.29, 1.82) is 0 Å². The van der Waals surface area contributed by atoms with Gasteiger partial charge in [0, 0.05) is 24.0 Å². The predicted octanol–water partition coefficient (Wildman–Crippen LogP) is 2.99. The maximum Gasteiger partial charge on any atom is 0.172 e. The van der Waals surface area contributed by atoms with E-state index >= 15 is 0 Å². The molecular weight excluding hydrogens is 390 g/mol. The molecule has 1 aromatic carbocycles. The second kappa shape index (κ2) is 9.67. The smallest absolute Gasteiger partial charge is 0.172 e. The number of ether oxygens (including phenoxy) is 1. The van der Waals surface area contributed by atoms with Gasteiger partial charge in [-0.15, -0.1) is 5.10 Å². The summed E-state index contributed by atoms with van der Waals surface area (Å²) in [5, 5.41) is 16.8. The van der Waals surface area contributed by atoms with Gasteiger partial charge in [0.2, 0.25) is 0 Å². The molecule has 1 aliphatic heterocycles. The third-order valence-electron chi connectivity index (χ3n) is 4.94. The molecular formula is C20H24ClN7O. The Bertz CT molecular complexity index is 907. The molecule has 0 saturated heterocycles. The van der Waals surface area contributed by atoms with Crippen LogP contribution in [0.4, 0.5) is 0 Å². The van der Waals surface area contributed by atoms with Crippen molar-refractivity contribution in [3.63, 3.8) is 0 Å². The Labute approximate surface area is 174 Å². The molecule has 0 radical (unpaired) electrons. The minimum absolute atomic E-state index is 0.0109. The first-order chi connectivity index (χ1) is 14.3. The van der Waals surface area contributed by atoms with Crippen molar-refractivity contribution in [2.75, 3.05) is 6.54 Å². The van der Waals surface area contributed by atoms with Crippen molar-refractivity contribution in [2.24, 2.45) is 0 Å². The number of benzene rings is 1. The lowest BCUT2D eigenvalue weighted by Gasteiger charge is -2.28. The number of rotatable bonds is 9. The number of aromatic nitrogens is 6. The molecule has 2 atom stereocenters. The van der Waals surface area contributed by atoms with Crippen molar-refractivity contribution in [2.45, 2.75) is 44.5 Å². The van der Waals surface area contributed by atoms with Crippen LogP contribution >= 0.6 is 11.6 Å². The van der Waals surface area contributed by atoms with E-state index in [1.54, 1.807) is 12.5 Å². The summed E-state index contributed by atoms with van der Waals surface area (Å²) in [6, 6.07) is 7.64. The van der Waals surface area contributed by atoms with Gasteiger partial charge in [0.15, 0.2) is 5.82 Å². The highest BCUT2D eigenvalue weighted by atomic mass is 35.5. The van der Waals surface area contributed by atoms with E-state index in [4.69, 9.17) is 16.3 Å². The van der Waals surface area contributed by atoms with Crippen LogP contribution in [-0.2, 0) is 17.8 Å². The van der Waals surface area contributed by atoms with Gasteiger partial charge in [0.25, 0.3) is 0 Å². The predicted molar refractivity (Wildman–Crippen MR) is 109 cm³/mol. The van der Waals surface area contributed by atoms with E-state index in [1.165, 1.54) is 0 Å². The summed E-state index contributed by atoms with van der Waals surface area (Å²) in [5.74, 6) is 0.780. The van der Waals surface area contributed by atoms with Crippen LogP contribution in [0, 0.1) is 0 Å². The van der Waals surface area contributed by atoms with Gasteiger partial charge in [-0.1, -0.05) is 23.7 Å². The molecule has 2 aromatic heterocycles. The van der Waals surface area contributed by atoms with Gasteiger partial charge in [-0.3, -0.25) is 0 Å². The van der Waals surface area contributed by atoms with E-state index in [2.05, 4.69) is 30.4 Å². The van der Waals surface area contributed by atoms with Crippen molar-refractivity contribution < 1.29 is 4.74 Å². The summed E-state index contributed by atoms with van der Waals surface area (Å²) >= 11 is 6.00. The molecule has 0 aliphatic carbocycles. The van der Waals surface area contributed by atoms with Crippen LogP contribution in [0.3, 0.4) is 0 Å². The summed E-state index contributed by atoms with van der Waals surface area (Å²) in [5.41, 5.74) is 1.09. The lowest BCUT2D eigenvalue weighted by atomic mass is 10.0. The highest BCUT2D eigenvalue weighted by Crippen LogP contribution is 2.24. The topological polar surface area (TPSA) is 82.7 Å². The van der Waals surface area contributed by atoms with Crippen LogP contribution in [0.15, 0.2) is 55.3 Å². The summed E-state index contributed by atoms with van der Waals surface area (Å²) in [6.45, 7) is 2.30. The first kappa shape index (κ1) is 19.6. The summed E-state index contributed by atoms with van der Waals surface area (Å²) in [4.78, 5) is 4.08. The number of nitrogens with one attached hydrogen (secondary N) is 1. The normalized spacial score (nSPS) is 17.2. The van der Waals surface area contributed by atoms with Gasteiger partial charge in [0.1, 0.15) is 12.1 Å². The van der Waals surface area contributed by atoms with E-state index in [1.807, 2.05) is 47.5 Å². The Morgan fingerprint density at radius 1 is 1.28 bits per heavy atom. The average Bonchev–Trinajstić information content (AvgIpc) is 3.43. The fourth-order valence-electron chi connectivity index (χ4n) is 3.44. The lowest BCUT2D eigenvalue weighted by molar-refractivity contribution is 0.0804. The van der Waals surface area contributed by atoms with Crippen LogP contribution in [0.1, 0.15) is 36.7 Å². The van der Waals surface area contributed by atoms with E-state index in [-0.39, 0.29) is 12.1 Å². The van der Waals surface area contributed by atoms with Crippen molar-refractivity contribution in [3.8, 4) is 0 Å². The zero-order valence-electron chi connectivity index (χ0n) is 16.1. The van der Waals surface area contributed by atoms with E-state index in [0.29, 0.717) is 11.6 Å². The minimum atomic E-state index is -0.0926. The van der Waals surface area contributed by atoms with Crippen molar-refractivity contribution in [1.82, 2.24) is 35.1 Å². The van der Waals surface area contributed by atoms with Gasteiger partial charge in [0.05, 0.1) is 19.1 Å². The first-order valence-corrected chi connectivity index (χ1v) is 10.2. The van der Waals surface area contributed by atoms with E-state index in [9.17, 15) is 0 Å². The number of aryl methyl sites for hydroxylation is 1. The number of tetrazole rings is 1. The molecule has 4 rings (SSSR count). The highest BCUT2D eigenvalue weighted by Gasteiger charge is 2.29. The van der Waals surface area contributed by atoms with E-state index in [0.717, 1.165) is 43.7 Å². The van der Waals surface area contributed by atoms with Gasteiger partial charge in [-0.05, 0) is 60.0 Å². The SMILES string of the molecule is Clc1ccc(Cn2nnnc2[C@H](NCCCn2ccnc2)C2CCC=CO2)cc1. The number of allylic oxidation sites excluding steroid dienone is 1. The average molecular weight is 414 g/mol. The van der Waals surface area contributed by atoms with Gasteiger partial charge < -0.3 is 14.6 Å². The monoisotopic (exact) mass is 413 g/mol. The molecule has 152 valence electrons. The molecule has 1 aliphatic rings. The zero-order chi connectivity index (χ0) is 19.9. The number of nitrogens with zero attached hydrogens (tertiary/aromatic N) is 6. The maximum atomic E-state index is 6.00. The molecule has 9 heteroatoms. The second-order valence-corrected chi connectivity index (χ2v) is 7.47. The third kappa shape index (κ3) is 5.21. The molecule has 8 nitrogen and oxygen atoms in total. The van der Waals surface area contributed by atoms with E-state index < -0.39 is 0 Å². The quantitative estimate of drug-likeness (QED) is 0.543. The summed E-state index contributed by atoms with van der Waals surface area (Å²) in [7, 11) is 0. The fourth-order valence-corrected chi connectivity index (χ4v) is 3.56. The molecule has 3 heterocycles. The summed E-state index contributed by atoms with van der Waals surface area (Å²) < 4.78 is 9.81. The minimum Gasteiger partial charge on any atom is -0.496 e. The highest BCUT2D eigenvalue weighted by molar-refractivity contribution is 6.30. The molecule has 29 heavy (non-hydrogen) atoms. The molecule has 0 amide bonds. The van der Waals surface area contributed by atoms with Gasteiger partial charge in [-0.2, -0.15) is 0 Å². The van der Waals surface area contributed by atoms with Crippen LogP contribution in [0.2, 0.25) is 5.02 Å². The maximum absolute atomic E-state index is 6.00. The molecule has 0 spiro atoms. The van der Waals surface area contributed by atoms with Crippen LogP contribution < -0.4 is 5.32 Å². The fraction of sp³-hybridized carbons (Fsp3) is 0.400. The molecule has 0 fully saturated rings. The molecule has 3 aromatic rings. The van der Waals surface area contributed by atoms with Crippen molar-refractivity contribution in [3.05, 3.63) is 71.7 Å². The zero-order valence-corrected chi connectivity index (χ0v) is 16.8. The molecule has 0 bridgehead atoms. The number of hydrogen-bond acceptors (Lipinski definition) is 6. The Balaban J connectivity index is 1.46. The Kier molecular flexibility index (Phi) is 6.53. The lowest BCUT2D eigenvalue weighted by Crippen LogP contribution is -2.37. The molecule has 0 saturated carbocycles. The van der Waals surface area contributed by atoms with Crippen LogP contribution in [-0.4, -0.2) is 42.4 Å². The largest absolute Gasteiger partial charge is 0.496 e. The van der Waals surface area contributed by atoms with Crippen LogP contribution in [0.25, 0.3) is 0 Å². The Hall–Kier alpha value is -2.71. The van der Waals surface area contributed by atoms with Crippen molar-refractivity contribution >= 4 is 11.6 Å². The third-order valence-corrected chi connectivity index (χ3v) is 5.19. The van der Waals surface area contributed by atoms with Crippen LogP contribution in [0.5, 0.6) is 0 Å². The number of halogens is 1. The molecule has 1 N–H and O–H groups in total.